The van der Waals surface area contributed by atoms with Crippen molar-refractivity contribution in [2.75, 3.05) is 45.8 Å². The van der Waals surface area contributed by atoms with Gasteiger partial charge >= 0.3 is 0 Å². The maximum absolute atomic E-state index is 6.23. The molecule has 0 saturated carbocycles. The lowest BCUT2D eigenvalue weighted by Gasteiger charge is -2.37. The predicted octanol–water partition coefficient (Wildman–Crippen LogP) is 3.82. The Labute approximate surface area is 167 Å². The molecule has 2 aliphatic heterocycles. The van der Waals surface area contributed by atoms with Gasteiger partial charge in [0.05, 0.1) is 10.0 Å². The number of nitrogens with two attached hydrogens (primary N) is 1. The fraction of sp³-hybridized carbons (Fsp3) is 0.700. The first-order valence-electron chi connectivity index (χ1n) is 9.83. The Kier molecular flexibility index (Phi) is 7.47. The monoisotopic (exact) mass is 399 g/mol. The largest absolute Gasteiger partial charge is 0.490 e. The van der Waals surface area contributed by atoms with Crippen LogP contribution in [0.3, 0.4) is 0 Å². The Balaban J connectivity index is 1.41. The molecule has 0 radical (unpaired) electrons. The Bertz CT molecular complexity index is 583. The molecule has 0 aromatic heterocycles. The quantitative estimate of drug-likeness (QED) is 0.789. The number of hydrogen-bond donors (Lipinski definition) is 1. The molecule has 3 rings (SSSR count). The van der Waals surface area contributed by atoms with Crippen molar-refractivity contribution in [3.63, 3.8) is 0 Å². The summed E-state index contributed by atoms with van der Waals surface area (Å²) in [4.78, 5) is 5.11. The maximum Gasteiger partial charge on any atom is 0.124 e. The molecule has 2 saturated heterocycles. The fourth-order valence-electron chi connectivity index (χ4n) is 4.09. The van der Waals surface area contributed by atoms with E-state index in [0.29, 0.717) is 10.0 Å². The van der Waals surface area contributed by atoms with E-state index in [0.717, 1.165) is 56.3 Å². The summed E-state index contributed by atoms with van der Waals surface area (Å²) in [7, 11) is 0. The number of hydrogen-bond acceptors (Lipinski definition) is 4. The van der Waals surface area contributed by atoms with Crippen LogP contribution in [0, 0.1) is 12.8 Å². The molecule has 146 valence electrons. The number of rotatable bonds is 6. The summed E-state index contributed by atoms with van der Waals surface area (Å²) in [5, 5.41) is 1.19. The summed E-state index contributed by atoms with van der Waals surface area (Å²) in [5.74, 6) is 1.70. The summed E-state index contributed by atoms with van der Waals surface area (Å²) in [5.41, 5.74) is 6.60. The maximum atomic E-state index is 6.23. The number of nitrogens with zero attached hydrogens (tertiary/aromatic N) is 2. The molecule has 2 heterocycles. The van der Waals surface area contributed by atoms with E-state index in [1.165, 1.54) is 32.5 Å². The molecule has 0 aliphatic carbocycles. The third-order valence-corrected chi connectivity index (χ3v) is 6.69. The van der Waals surface area contributed by atoms with Crippen LogP contribution in [-0.2, 0) is 0 Å². The van der Waals surface area contributed by atoms with E-state index in [4.69, 9.17) is 33.7 Å². The second-order valence-corrected chi connectivity index (χ2v) is 8.46. The van der Waals surface area contributed by atoms with Gasteiger partial charge in [0.2, 0.25) is 0 Å². The van der Waals surface area contributed by atoms with Gasteiger partial charge in [-0.15, -0.1) is 0 Å². The van der Waals surface area contributed by atoms with Crippen LogP contribution in [0.1, 0.15) is 31.2 Å². The Morgan fingerprint density at radius 3 is 2.35 bits per heavy atom. The van der Waals surface area contributed by atoms with Gasteiger partial charge in [0.1, 0.15) is 11.9 Å². The molecule has 0 amide bonds. The van der Waals surface area contributed by atoms with Crippen molar-refractivity contribution in [2.45, 2.75) is 38.7 Å². The lowest BCUT2D eigenvalue weighted by molar-refractivity contribution is 0.0782. The van der Waals surface area contributed by atoms with E-state index < -0.39 is 0 Å². The normalized spacial score (nSPS) is 21.2. The summed E-state index contributed by atoms with van der Waals surface area (Å²) < 4.78 is 6.21. The minimum Gasteiger partial charge on any atom is -0.490 e. The van der Waals surface area contributed by atoms with Gasteiger partial charge in [0, 0.05) is 38.3 Å². The third-order valence-electron chi connectivity index (χ3n) is 5.79. The number of benzene rings is 1. The highest BCUT2D eigenvalue weighted by atomic mass is 35.5. The molecule has 4 nitrogen and oxygen atoms in total. The van der Waals surface area contributed by atoms with Crippen LogP contribution in [0.25, 0.3) is 0 Å². The molecule has 1 aromatic carbocycles. The molecule has 26 heavy (non-hydrogen) atoms. The van der Waals surface area contributed by atoms with Gasteiger partial charge < -0.3 is 20.3 Å². The average molecular weight is 400 g/mol. The predicted molar refractivity (Wildman–Crippen MR) is 110 cm³/mol. The smallest absolute Gasteiger partial charge is 0.124 e. The van der Waals surface area contributed by atoms with E-state index in [-0.39, 0.29) is 6.10 Å². The van der Waals surface area contributed by atoms with E-state index in [1.54, 1.807) is 0 Å². The topological polar surface area (TPSA) is 41.7 Å². The first-order chi connectivity index (χ1) is 12.6. The molecular formula is C20H31Cl2N3O. The van der Waals surface area contributed by atoms with Crippen LogP contribution in [0.2, 0.25) is 10.0 Å². The Hall–Kier alpha value is -0.520. The number of likely N-dealkylation sites (tertiary alicyclic amines) is 2. The molecule has 2 fully saturated rings. The fourth-order valence-corrected chi connectivity index (χ4v) is 4.45. The van der Waals surface area contributed by atoms with Crippen LogP contribution in [0.15, 0.2) is 12.1 Å². The minimum atomic E-state index is 0.272. The van der Waals surface area contributed by atoms with Crippen molar-refractivity contribution in [3.05, 3.63) is 27.7 Å². The molecule has 2 aliphatic rings. The number of ether oxygens (including phenoxy) is 1. The van der Waals surface area contributed by atoms with Crippen LogP contribution in [0.4, 0.5) is 0 Å². The Morgan fingerprint density at radius 2 is 1.69 bits per heavy atom. The average Bonchev–Trinajstić information content (AvgIpc) is 2.65. The van der Waals surface area contributed by atoms with Gasteiger partial charge in [0.25, 0.3) is 0 Å². The Morgan fingerprint density at radius 1 is 1.04 bits per heavy atom. The van der Waals surface area contributed by atoms with Crippen LogP contribution >= 0.6 is 23.2 Å². The van der Waals surface area contributed by atoms with Gasteiger partial charge in [0.15, 0.2) is 0 Å². The minimum absolute atomic E-state index is 0.272. The van der Waals surface area contributed by atoms with Gasteiger partial charge in [-0.3, -0.25) is 0 Å². The molecule has 2 N–H and O–H groups in total. The van der Waals surface area contributed by atoms with E-state index >= 15 is 0 Å². The van der Waals surface area contributed by atoms with Gasteiger partial charge in [-0.1, -0.05) is 23.2 Å². The summed E-state index contributed by atoms with van der Waals surface area (Å²) in [6.45, 7) is 9.67. The second-order valence-electron chi connectivity index (χ2n) is 7.68. The summed E-state index contributed by atoms with van der Waals surface area (Å²) in [6, 6.07) is 3.75. The van der Waals surface area contributed by atoms with Crippen molar-refractivity contribution in [1.29, 1.82) is 0 Å². The van der Waals surface area contributed by atoms with Crippen molar-refractivity contribution in [1.82, 2.24) is 9.80 Å². The SMILES string of the molecule is Cc1c(OC2CCN(CC3CCN(CCN)CC3)CC2)ccc(Cl)c1Cl. The molecule has 0 bridgehead atoms. The number of halogens is 2. The highest BCUT2D eigenvalue weighted by Crippen LogP contribution is 2.33. The highest BCUT2D eigenvalue weighted by molar-refractivity contribution is 6.42. The third kappa shape index (κ3) is 5.26. The zero-order chi connectivity index (χ0) is 18.5. The van der Waals surface area contributed by atoms with Crippen molar-refractivity contribution in [3.8, 4) is 5.75 Å². The molecule has 1 aromatic rings. The number of piperidine rings is 2. The summed E-state index contributed by atoms with van der Waals surface area (Å²) >= 11 is 12.3. The first-order valence-corrected chi connectivity index (χ1v) is 10.6. The lowest BCUT2D eigenvalue weighted by Crippen LogP contribution is -2.44. The molecular weight excluding hydrogens is 369 g/mol. The molecule has 0 atom stereocenters. The van der Waals surface area contributed by atoms with Crippen molar-refractivity contribution in [2.24, 2.45) is 11.7 Å². The zero-order valence-corrected chi connectivity index (χ0v) is 17.2. The zero-order valence-electron chi connectivity index (χ0n) is 15.7. The van der Waals surface area contributed by atoms with Crippen LogP contribution < -0.4 is 10.5 Å². The van der Waals surface area contributed by atoms with E-state index in [9.17, 15) is 0 Å². The van der Waals surface area contributed by atoms with Gasteiger partial charge in [-0.2, -0.15) is 0 Å². The lowest BCUT2D eigenvalue weighted by atomic mass is 9.95. The molecule has 0 unspecified atom stereocenters. The van der Waals surface area contributed by atoms with E-state index in [1.807, 2.05) is 19.1 Å². The summed E-state index contributed by atoms with van der Waals surface area (Å²) in [6.07, 6.45) is 5.03. The van der Waals surface area contributed by atoms with Crippen molar-refractivity contribution >= 4 is 23.2 Å². The standard InChI is InChI=1S/C20H31Cl2N3O/c1-15-19(3-2-18(21)20(15)22)26-17-6-11-25(12-7-17)14-16-4-9-24(10-5-16)13-8-23/h2-3,16-17H,4-14,23H2,1H3. The van der Waals surface area contributed by atoms with Crippen LogP contribution in [0.5, 0.6) is 5.75 Å². The van der Waals surface area contributed by atoms with Crippen LogP contribution in [-0.4, -0.2) is 61.7 Å². The molecule has 6 heteroatoms. The second kappa shape index (κ2) is 9.61. The molecule has 0 spiro atoms. The highest BCUT2D eigenvalue weighted by Gasteiger charge is 2.25. The van der Waals surface area contributed by atoms with Gasteiger partial charge in [-0.05, 0) is 63.7 Å². The van der Waals surface area contributed by atoms with Crippen molar-refractivity contribution < 1.29 is 4.74 Å². The first kappa shape index (κ1) is 20.2. The van der Waals surface area contributed by atoms with Gasteiger partial charge in [-0.25, -0.2) is 0 Å². The van der Waals surface area contributed by atoms with E-state index in [2.05, 4.69) is 9.80 Å².